The Bertz CT molecular complexity index is 2340. The van der Waals surface area contributed by atoms with Gasteiger partial charge < -0.3 is 0 Å². The molecule has 0 amide bonds. The SMILES string of the molecule is c1cc(-c2cccc3ccccc23)nc(N(c2cccc(-c3cccc4ccccc34)n2)c2cccc(-c3cccc4ccccc34)n2)c1. The van der Waals surface area contributed by atoms with Gasteiger partial charge in [0.05, 0.1) is 17.1 Å². The van der Waals surface area contributed by atoms with E-state index in [1.165, 1.54) is 16.2 Å². The fraction of sp³-hybridized carbons (Fsp3) is 0. The Balaban J connectivity index is 1.24. The smallest absolute Gasteiger partial charge is 0.140 e. The average Bonchev–Trinajstić information content (AvgIpc) is 3.18. The van der Waals surface area contributed by atoms with Crippen LogP contribution in [-0.4, -0.2) is 15.0 Å². The highest BCUT2D eigenvalue weighted by atomic mass is 15.3. The topological polar surface area (TPSA) is 41.9 Å². The number of rotatable bonds is 6. The van der Waals surface area contributed by atoms with E-state index in [9.17, 15) is 0 Å². The Morgan fingerprint density at radius 2 is 0.551 bits per heavy atom. The Morgan fingerprint density at radius 3 is 0.898 bits per heavy atom. The summed E-state index contributed by atoms with van der Waals surface area (Å²) < 4.78 is 0. The molecule has 0 aliphatic carbocycles. The highest BCUT2D eigenvalue weighted by Gasteiger charge is 2.20. The molecule has 230 valence electrons. The molecule has 0 aliphatic heterocycles. The molecule has 9 aromatic rings. The molecule has 4 nitrogen and oxygen atoms in total. The fourth-order valence-electron chi connectivity index (χ4n) is 6.79. The Labute approximate surface area is 284 Å². The first-order valence-corrected chi connectivity index (χ1v) is 16.5. The second-order valence-electron chi connectivity index (χ2n) is 12.1. The van der Waals surface area contributed by atoms with Gasteiger partial charge in [0.15, 0.2) is 0 Å². The standard InChI is InChI=1S/C45H30N4/c1-4-19-34-31(13-1)16-7-22-37(34)40-25-10-28-43(46-40)49(44-29-11-26-41(47-44)38-23-8-17-32-14-2-5-20-35(32)38)45-30-12-27-42(48-45)39-24-9-18-33-15-3-6-21-36(33)39/h1-30H. The lowest BCUT2D eigenvalue weighted by molar-refractivity contribution is 1.09. The van der Waals surface area contributed by atoms with Gasteiger partial charge in [-0.05, 0) is 68.7 Å². The van der Waals surface area contributed by atoms with Crippen molar-refractivity contribution in [3.63, 3.8) is 0 Å². The summed E-state index contributed by atoms with van der Waals surface area (Å²) in [6.07, 6.45) is 0. The third-order valence-electron chi connectivity index (χ3n) is 9.09. The van der Waals surface area contributed by atoms with E-state index in [0.717, 1.165) is 67.4 Å². The van der Waals surface area contributed by atoms with Crippen LogP contribution < -0.4 is 4.90 Å². The van der Waals surface area contributed by atoms with Gasteiger partial charge in [0, 0.05) is 16.7 Å². The zero-order valence-corrected chi connectivity index (χ0v) is 26.6. The minimum absolute atomic E-state index is 0.732. The van der Waals surface area contributed by atoms with Crippen molar-refractivity contribution in [3.05, 3.63) is 182 Å². The summed E-state index contributed by atoms with van der Waals surface area (Å²) >= 11 is 0. The van der Waals surface area contributed by atoms with Crippen molar-refractivity contribution in [3.8, 4) is 33.8 Å². The van der Waals surface area contributed by atoms with Gasteiger partial charge in [-0.15, -0.1) is 0 Å². The Kier molecular flexibility index (Phi) is 7.10. The molecule has 0 unspecified atom stereocenters. The van der Waals surface area contributed by atoms with E-state index in [1.54, 1.807) is 0 Å². The fourth-order valence-corrected chi connectivity index (χ4v) is 6.79. The van der Waals surface area contributed by atoms with Crippen molar-refractivity contribution in [1.82, 2.24) is 15.0 Å². The van der Waals surface area contributed by atoms with Gasteiger partial charge in [0.2, 0.25) is 0 Å². The molecule has 4 heteroatoms. The third-order valence-corrected chi connectivity index (χ3v) is 9.09. The Hall–Kier alpha value is -6.65. The van der Waals surface area contributed by atoms with Gasteiger partial charge in [0.25, 0.3) is 0 Å². The lowest BCUT2D eigenvalue weighted by atomic mass is 10.0. The van der Waals surface area contributed by atoms with E-state index in [2.05, 4.69) is 169 Å². The summed E-state index contributed by atoms with van der Waals surface area (Å²) in [6, 6.07) is 62.9. The number of anilines is 3. The van der Waals surface area contributed by atoms with Gasteiger partial charge in [-0.1, -0.05) is 146 Å². The number of fused-ring (bicyclic) bond motifs is 3. The number of aromatic nitrogens is 3. The van der Waals surface area contributed by atoms with E-state index < -0.39 is 0 Å². The molecule has 49 heavy (non-hydrogen) atoms. The van der Waals surface area contributed by atoms with E-state index >= 15 is 0 Å². The van der Waals surface area contributed by atoms with Crippen molar-refractivity contribution >= 4 is 49.8 Å². The molecule has 0 atom stereocenters. The normalized spacial score (nSPS) is 11.3. The largest absolute Gasteiger partial charge is 0.262 e. The number of nitrogens with zero attached hydrogens (tertiary/aromatic N) is 4. The van der Waals surface area contributed by atoms with Crippen LogP contribution in [0.3, 0.4) is 0 Å². The molecule has 0 saturated carbocycles. The maximum absolute atomic E-state index is 5.30. The van der Waals surface area contributed by atoms with Crippen molar-refractivity contribution in [2.24, 2.45) is 0 Å². The molecule has 0 bridgehead atoms. The Morgan fingerprint density at radius 1 is 0.265 bits per heavy atom. The first-order chi connectivity index (χ1) is 24.3. The molecule has 3 heterocycles. The van der Waals surface area contributed by atoms with Crippen LogP contribution >= 0.6 is 0 Å². The van der Waals surface area contributed by atoms with Crippen LogP contribution in [0.4, 0.5) is 17.5 Å². The van der Waals surface area contributed by atoms with Crippen LogP contribution in [-0.2, 0) is 0 Å². The molecule has 3 aromatic heterocycles. The monoisotopic (exact) mass is 626 g/mol. The minimum atomic E-state index is 0.732. The number of hydrogen-bond acceptors (Lipinski definition) is 4. The summed E-state index contributed by atoms with van der Waals surface area (Å²) in [5.74, 6) is 2.20. The second kappa shape index (κ2) is 12.2. The van der Waals surface area contributed by atoms with Gasteiger partial charge in [-0.3, -0.25) is 4.90 Å². The number of pyridine rings is 3. The quantitative estimate of drug-likeness (QED) is 0.184. The first-order valence-electron chi connectivity index (χ1n) is 16.5. The average molecular weight is 627 g/mol. The summed E-state index contributed by atoms with van der Waals surface area (Å²) in [5.41, 5.74) is 5.89. The van der Waals surface area contributed by atoms with Gasteiger partial charge in [-0.25, -0.2) is 15.0 Å². The highest BCUT2D eigenvalue weighted by Crippen LogP contribution is 2.37. The molecular formula is C45H30N4. The number of hydrogen-bond donors (Lipinski definition) is 0. The van der Waals surface area contributed by atoms with E-state index in [1.807, 2.05) is 18.2 Å². The first kappa shape index (κ1) is 28.6. The second-order valence-corrected chi connectivity index (χ2v) is 12.1. The molecule has 0 saturated heterocycles. The van der Waals surface area contributed by atoms with Crippen molar-refractivity contribution in [2.75, 3.05) is 4.90 Å². The lowest BCUT2D eigenvalue weighted by Crippen LogP contribution is -2.15. The molecule has 9 rings (SSSR count). The third kappa shape index (κ3) is 5.26. The summed E-state index contributed by atoms with van der Waals surface area (Å²) in [4.78, 5) is 18.0. The summed E-state index contributed by atoms with van der Waals surface area (Å²) in [5, 5.41) is 7.02. The number of benzene rings is 6. The van der Waals surface area contributed by atoms with Crippen molar-refractivity contribution < 1.29 is 0 Å². The molecule has 6 aromatic carbocycles. The highest BCUT2D eigenvalue weighted by molar-refractivity contribution is 5.98. The zero-order chi connectivity index (χ0) is 32.6. The van der Waals surface area contributed by atoms with Crippen LogP contribution in [0.25, 0.3) is 66.1 Å². The zero-order valence-electron chi connectivity index (χ0n) is 26.6. The predicted octanol–water partition coefficient (Wildman–Crippen LogP) is 11.8. The maximum atomic E-state index is 5.30. The van der Waals surface area contributed by atoms with E-state index in [0.29, 0.717) is 0 Å². The van der Waals surface area contributed by atoms with Crippen molar-refractivity contribution in [1.29, 1.82) is 0 Å². The van der Waals surface area contributed by atoms with Gasteiger partial charge in [0.1, 0.15) is 17.5 Å². The molecule has 0 fully saturated rings. The summed E-state index contributed by atoms with van der Waals surface area (Å²) in [7, 11) is 0. The van der Waals surface area contributed by atoms with Crippen LogP contribution in [0.5, 0.6) is 0 Å². The van der Waals surface area contributed by atoms with Crippen LogP contribution in [0.2, 0.25) is 0 Å². The molecule has 0 aliphatic rings. The molecule has 0 N–H and O–H groups in total. The van der Waals surface area contributed by atoms with Crippen molar-refractivity contribution in [2.45, 2.75) is 0 Å². The van der Waals surface area contributed by atoms with Crippen LogP contribution in [0, 0.1) is 0 Å². The van der Waals surface area contributed by atoms with Gasteiger partial charge >= 0.3 is 0 Å². The predicted molar refractivity (Wildman–Crippen MR) is 203 cm³/mol. The van der Waals surface area contributed by atoms with Crippen LogP contribution in [0.15, 0.2) is 182 Å². The van der Waals surface area contributed by atoms with E-state index in [-0.39, 0.29) is 0 Å². The minimum Gasteiger partial charge on any atom is -0.262 e. The molecule has 0 spiro atoms. The molecular weight excluding hydrogens is 597 g/mol. The summed E-state index contributed by atoms with van der Waals surface area (Å²) in [6.45, 7) is 0. The lowest BCUT2D eigenvalue weighted by Gasteiger charge is -2.24. The maximum Gasteiger partial charge on any atom is 0.140 e. The van der Waals surface area contributed by atoms with Crippen LogP contribution in [0.1, 0.15) is 0 Å². The molecule has 0 radical (unpaired) electrons. The van der Waals surface area contributed by atoms with E-state index in [4.69, 9.17) is 15.0 Å². The van der Waals surface area contributed by atoms with Gasteiger partial charge in [-0.2, -0.15) is 0 Å².